The molecule has 2 aromatic rings. The standard InChI is InChI=1S/C16H19ClN2S/c1-3-12-8-9-14(17)16(10-12)20-11-13-6-4-5-7-15(13)19(2)18/h4-10H,3,11,18H2,1-2H3. The fourth-order valence-corrected chi connectivity index (χ4v) is 3.29. The Bertz CT molecular complexity index is 584. The van der Waals surface area contributed by atoms with Crippen molar-refractivity contribution in [2.75, 3.05) is 12.1 Å². The van der Waals surface area contributed by atoms with Gasteiger partial charge >= 0.3 is 0 Å². The quantitative estimate of drug-likeness (QED) is 0.501. The van der Waals surface area contributed by atoms with Crippen LogP contribution in [0.4, 0.5) is 5.69 Å². The van der Waals surface area contributed by atoms with E-state index in [2.05, 4.69) is 25.1 Å². The fourth-order valence-electron chi connectivity index (χ4n) is 2.01. The molecule has 0 saturated carbocycles. The van der Waals surface area contributed by atoms with E-state index >= 15 is 0 Å². The van der Waals surface area contributed by atoms with Crippen molar-refractivity contribution in [3.8, 4) is 0 Å². The summed E-state index contributed by atoms with van der Waals surface area (Å²) >= 11 is 8.01. The Morgan fingerprint density at radius 1 is 1.20 bits per heavy atom. The molecule has 2 N–H and O–H groups in total. The SMILES string of the molecule is CCc1ccc(Cl)c(SCc2ccccc2N(C)N)c1. The van der Waals surface area contributed by atoms with Crippen LogP contribution in [-0.4, -0.2) is 7.05 Å². The molecule has 0 radical (unpaired) electrons. The first-order valence-electron chi connectivity index (χ1n) is 6.59. The Kier molecular flexibility index (Phi) is 5.35. The van der Waals surface area contributed by atoms with E-state index in [4.69, 9.17) is 17.4 Å². The Balaban J connectivity index is 2.17. The highest BCUT2D eigenvalue weighted by Gasteiger charge is 2.07. The lowest BCUT2D eigenvalue weighted by Gasteiger charge is -2.16. The van der Waals surface area contributed by atoms with Crippen LogP contribution in [0.5, 0.6) is 0 Å². The molecule has 0 aliphatic carbocycles. The van der Waals surface area contributed by atoms with Crippen molar-refractivity contribution < 1.29 is 0 Å². The smallest absolute Gasteiger partial charge is 0.0554 e. The summed E-state index contributed by atoms with van der Waals surface area (Å²) in [5.41, 5.74) is 3.56. The molecule has 20 heavy (non-hydrogen) atoms. The number of aryl methyl sites for hydroxylation is 1. The largest absolute Gasteiger partial charge is 0.314 e. The second-order valence-corrected chi connectivity index (χ2v) is 6.07. The van der Waals surface area contributed by atoms with E-state index in [0.717, 1.165) is 27.8 Å². The lowest BCUT2D eigenvalue weighted by atomic mass is 10.2. The lowest BCUT2D eigenvalue weighted by Crippen LogP contribution is -2.26. The van der Waals surface area contributed by atoms with Crippen LogP contribution in [0, 0.1) is 0 Å². The Hall–Kier alpha value is -1.16. The Morgan fingerprint density at radius 3 is 2.65 bits per heavy atom. The highest BCUT2D eigenvalue weighted by atomic mass is 35.5. The van der Waals surface area contributed by atoms with E-state index < -0.39 is 0 Å². The third-order valence-corrected chi connectivity index (χ3v) is 4.70. The van der Waals surface area contributed by atoms with Crippen LogP contribution in [0.1, 0.15) is 18.1 Å². The highest BCUT2D eigenvalue weighted by Crippen LogP contribution is 2.32. The number of nitrogens with zero attached hydrogens (tertiary/aromatic N) is 1. The van der Waals surface area contributed by atoms with Crippen molar-refractivity contribution in [3.63, 3.8) is 0 Å². The topological polar surface area (TPSA) is 29.3 Å². The van der Waals surface area contributed by atoms with Crippen LogP contribution in [-0.2, 0) is 12.2 Å². The molecule has 0 unspecified atom stereocenters. The van der Waals surface area contributed by atoms with Gasteiger partial charge < -0.3 is 5.01 Å². The van der Waals surface area contributed by atoms with E-state index in [1.165, 1.54) is 11.1 Å². The summed E-state index contributed by atoms with van der Waals surface area (Å²) in [6, 6.07) is 14.4. The number of para-hydroxylation sites is 1. The number of anilines is 1. The van der Waals surface area contributed by atoms with Gasteiger partial charge in [-0.15, -0.1) is 11.8 Å². The predicted molar refractivity (Wildman–Crippen MR) is 89.4 cm³/mol. The van der Waals surface area contributed by atoms with Crippen LogP contribution in [0.15, 0.2) is 47.4 Å². The van der Waals surface area contributed by atoms with Gasteiger partial charge in [0.05, 0.1) is 10.7 Å². The molecule has 2 nitrogen and oxygen atoms in total. The average Bonchev–Trinajstić information content (AvgIpc) is 2.46. The van der Waals surface area contributed by atoms with Gasteiger partial charge in [-0.1, -0.05) is 42.8 Å². The molecule has 0 spiro atoms. The van der Waals surface area contributed by atoms with Crippen molar-refractivity contribution in [1.29, 1.82) is 0 Å². The second-order valence-electron chi connectivity index (χ2n) is 4.65. The molecule has 0 saturated heterocycles. The third-order valence-electron chi connectivity index (χ3n) is 3.16. The second kappa shape index (κ2) is 7.02. The van der Waals surface area contributed by atoms with Crippen LogP contribution in [0.25, 0.3) is 0 Å². The van der Waals surface area contributed by atoms with Gasteiger partial charge in [-0.25, -0.2) is 5.84 Å². The van der Waals surface area contributed by atoms with Crippen molar-refractivity contribution in [2.45, 2.75) is 24.0 Å². The molecule has 4 heteroatoms. The van der Waals surface area contributed by atoms with Gasteiger partial charge in [0.15, 0.2) is 0 Å². The third kappa shape index (κ3) is 3.69. The molecule has 0 fully saturated rings. The molecule has 0 heterocycles. The number of hydrogen-bond acceptors (Lipinski definition) is 3. The first kappa shape index (κ1) is 15.2. The Morgan fingerprint density at radius 2 is 1.95 bits per heavy atom. The minimum absolute atomic E-state index is 0.811. The first-order chi connectivity index (χ1) is 9.61. The van der Waals surface area contributed by atoms with Crippen molar-refractivity contribution in [3.05, 3.63) is 58.6 Å². The predicted octanol–water partition coefficient (Wildman–Crippen LogP) is 4.50. The van der Waals surface area contributed by atoms with Crippen molar-refractivity contribution >= 4 is 29.1 Å². The maximum atomic E-state index is 6.27. The van der Waals surface area contributed by atoms with Gasteiger partial charge in [0.1, 0.15) is 0 Å². The lowest BCUT2D eigenvalue weighted by molar-refractivity contribution is 1.01. The molecule has 106 valence electrons. The molecule has 0 aliphatic heterocycles. The summed E-state index contributed by atoms with van der Waals surface area (Å²) in [5, 5.41) is 2.46. The van der Waals surface area contributed by atoms with Gasteiger partial charge in [-0.05, 0) is 35.7 Å². The zero-order chi connectivity index (χ0) is 14.5. The van der Waals surface area contributed by atoms with E-state index in [1.807, 2.05) is 31.3 Å². The maximum Gasteiger partial charge on any atom is 0.0554 e. The summed E-state index contributed by atoms with van der Waals surface area (Å²) in [6.45, 7) is 2.15. The summed E-state index contributed by atoms with van der Waals surface area (Å²) in [6.07, 6.45) is 1.02. The zero-order valence-corrected chi connectivity index (χ0v) is 13.3. The summed E-state index contributed by atoms with van der Waals surface area (Å²) in [5.74, 6) is 6.71. The van der Waals surface area contributed by atoms with E-state index in [-0.39, 0.29) is 0 Å². The zero-order valence-electron chi connectivity index (χ0n) is 11.8. The molecule has 2 rings (SSSR count). The number of rotatable bonds is 5. The van der Waals surface area contributed by atoms with E-state index in [0.29, 0.717) is 0 Å². The number of benzene rings is 2. The molecule has 2 aromatic carbocycles. The van der Waals surface area contributed by atoms with Crippen LogP contribution >= 0.6 is 23.4 Å². The summed E-state index contributed by atoms with van der Waals surface area (Å²) < 4.78 is 0. The number of nitrogens with two attached hydrogens (primary N) is 1. The number of hydrazine groups is 1. The summed E-state index contributed by atoms with van der Waals surface area (Å²) in [4.78, 5) is 1.13. The van der Waals surface area contributed by atoms with Gasteiger partial charge in [0.2, 0.25) is 0 Å². The van der Waals surface area contributed by atoms with Crippen LogP contribution in [0.2, 0.25) is 5.02 Å². The normalized spacial score (nSPS) is 10.6. The van der Waals surface area contributed by atoms with Crippen LogP contribution < -0.4 is 10.9 Å². The van der Waals surface area contributed by atoms with Crippen molar-refractivity contribution in [1.82, 2.24) is 0 Å². The van der Waals surface area contributed by atoms with Crippen LogP contribution in [0.3, 0.4) is 0 Å². The maximum absolute atomic E-state index is 6.27. The Labute approximate surface area is 129 Å². The minimum atomic E-state index is 0.811. The van der Waals surface area contributed by atoms with Gasteiger partial charge in [0.25, 0.3) is 0 Å². The van der Waals surface area contributed by atoms with Gasteiger partial charge in [-0.3, -0.25) is 0 Å². The van der Waals surface area contributed by atoms with E-state index in [1.54, 1.807) is 16.8 Å². The van der Waals surface area contributed by atoms with E-state index in [9.17, 15) is 0 Å². The number of hydrogen-bond donors (Lipinski definition) is 1. The molecule has 0 bridgehead atoms. The van der Waals surface area contributed by atoms with Gasteiger partial charge in [0, 0.05) is 17.7 Å². The molecule has 0 atom stereocenters. The molecule has 0 aliphatic rings. The average molecular weight is 307 g/mol. The minimum Gasteiger partial charge on any atom is -0.314 e. The number of halogens is 1. The molecular formula is C16H19ClN2S. The molecule has 0 aromatic heterocycles. The van der Waals surface area contributed by atoms with Gasteiger partial charge in [-0.2, -0.15) is 0 Å². The number of thioether (sulfide) groups is 1. The highest BCUT2D eigenvalue weighted by molar-refractivity contribution is 7.98. The van der Waals surface area contributed by atoms with Crippen molar-refractivity contribution in [2.24, 2.45) is 5.84 Å². The molecular weight excluding hydrogens is 288 g/mol. The molecule has 0 amide bonds. The monoisotopic (exact) mass is 306 g/mol. The fraction of sp³-hybridized carbons (Fsp3) is 0.250. The first-order valence-corrected chi connectivity index (χ1v) is 7.95. The summed E-state index contributed by atoms with van der Waals surface area (Å²) in [7, 11) is 1.86.